The molecule has 0 unspecified atom stereocenters. The van der Waals surface area contributed by atoms with E-state index in [4.69, 9.17) is 9.47 Å². The molecule has 0 saturated carbocycles. The lowest BCUT2D eigenvalue weighted by Crippen LogP contribution is -2.30. The molecule has 0 bridgehead atoms. The lowest BCUT2D eigenvalue weighted by molar-refractivity contribution is 0.101. The number of hydrogen-bond donors (Lipinski definition) is 0. The number of carbonyl (C=O) groups is 1. The quantitative estimate of drug-likeness (QED) is 0.778. The van der Waals surface area contributed by atoms with Crippen LogP contribution >= 0.6 is 0 Å². The van der Waals surface area contributed by atoms with Crippen LogP contribution in [0.3, 0.4) is 0 Å². The molecule has 2 rings (SSSR count). The predicted molar refractivity (Wildman–Crippen MR) is 80.5 cm³/mol. The summed E-state index contributed by atoms with van der Waals surface area (Å²) in [5, 5.41) is 0. The zero-order valence-electron chi connectivity index (χ0n) is 13.0. The smallest absolute Gasteiger partial charge is 0.163 e. The van der Waals surface area contributed by atoms with E-state index in [0.29, 0.717) is 17.2 Å². The minimum atomic E-state index is -0.352. The Kier molecular flexibility index (Phi) is 3.63. The largest absolute Gasteiger partial charge is 0.496 e. The van der Waals surface area contributed by atoms with Gasteiger partial charge in [0.1, 0.15) is 17.1 Å². The summed E-state index contributed by atoms with van der Waals surface area (Å²) in [6, 6.07) is 3.71. The Hall–Kier alpha value is -1.77. The summed E-state index contributed by atoms with van der Waals surface area (Å²) in [7, 11) is 1.57. The van der Waals surface area contributed by atoms with E-state index in [1.807, 2.05) is 26.0 Å². The summed E-state index contributed by atoms with van der Waals surface area (Å²) in [6.45, 7) is 9.91. The first-order valence-corrected chi connectivity index (χ1v) is 6.90. The molecule has 3 heteroatoms. The highest BCUT2D eigenvalue weighted by Gasteiger charge is 2.29. The van der Waals surface area contributed by atoms with Crippen LogP contribution in [0.5, 0.6) is 11.5 Å². The van der Waals surface area contributed by atoms with Crippen LogP contribution in [0.4, 0.5) is 0 Å². The number of carbonyl (C=O) groups excluding carboxylic acids is 1. The highest BCUT2D eigenvalue weighted by molar-refractivity contribution is 5.98. The number of ether oxygens (including phenoxy) is 2. The topological polar surface area (TPSA) is 35.5 Å². The van der Waals surface area contributed by atoms with Gasteiger partial charge in [0.05, 0.1) is 12.7 Å². The molecule has 0 aromatic heterocycles. The van der Waals surface area contributed by atoms with Crippen molar-refractivity contribution < 1.29 is 14.3 Å². The molecule has 0 amide bonds. The lowest BCUT2D eigenvalue weighted by Gasteiger charge is -2.33. The molecule has 3 nitrogen and oxygen atoms in total. The highest BCUT2D eigenvalue weighted by atomic mass is 16.5. The number of rotatable bonds is 3. The molecule has 20 heavy (non-hydrogen) atoms. The van der Waals surface area contributed by atoms with Gasteiger partial charge in [-0.25, -0.2) is 0 Å². The average Bonchev–Trinajstić information content (AvgIpc) is 2.34. The van der Waals surface area contributed by atoms with E-state index in [-0.39, 0.29) is 11.4 Å². The highest BCUT2D eigenvalue weighted by Crippen LogP contribution is 2.42. The maximum Gasteiger partial charge on any atom is 0.163 e. The number of ketones is 1. The summed E-state index contributed by atoms with van der Waals surface area (Å²) in [6.07, 6.45) is 2.14. The first-order chi connectivity index (χ1) is 9.25. The second kappa shape index (κ2) is 4.97. The first-order valence-electron chi connectivity index (χ1n) is 6.90. The van der Waals surface area contributed by atoms with Gasteiger partial charge in [-0.05, 0) is 44.4 Å². The third kappa shape index (κ3) is 2.58. The van der Waals surface area contributed by atoms with Crippen LogP contribution in [0, 0.1) is 5.92 Å². The summed E-state index contributed by atoms with van der Waals surface area (Å²) in [5.41, 5.74) is 2.45. The normalized spacial score (nSPS) is 16.2. The third-order valence-corrected chi connectivity index (χ3v) is 3.49. The Labute approximate surface area is 120 Å². The standard InChI is InChI=1S/C17H22O3/c1-10(2)14-9-17(4,5)20-16-8-15(19-6)12(11(3)18)7-13(14)16/h7-10H,1-6H3. The van der Waals surface area contributed by atoms with Crippen molar-refractivity contribution in [1.82, 2.24) is 0 Å². The zero-order valence-corrected chi connectivity index (χ0v) is 13.0. The van der Waals surface area contributed by atoms with Gasteiger partial charge in [0.15, 0.2) is 5.78 Å². The minimum absolute atomic E-state index is 0.00223. The lowest BCUT2D eigenvalue weighted by atomic mass is 9.86. The van der Waals surface area contributed by atoms with Gasteiger partial charge in [0.25, 0.3) is 0 Å². The van der Waals surface area contributed by atoms with Crippen LogP contribution in [0.25, 0.3) is 5.57 Å². The van der Waals surface area contributed by atoms with Gasteiger partial charge in [-0.15, -0.1) is 0 Å². The van der Waals surface area contributed by atoms with Crippen molar-refractivity contribution in [1.29, 1.82) is 0 Å². The predicted octanol–water partition coefficient (Wildman–Crippen LogP) is 4.11. The molecule has 1 heterocycles. The molecule has 0 saturated heterocycles. The molecule has 0 fully saturated rings. The van der Waals surface area contributed by atoms with E-state index in [2.05, 4.69) is 19.9 Å². The first kappa shape index (κ1) is 14.6. The Morgan fingerprint density at radius 1 is 1.30 bits per heavy atom. The zero-order chi connectivity index (χ0) is 15.1. The van der Waals surface area contributed by atoms with Gasteiger partial charge >= 0.3 is 0 Å². The maximum absolute atomic E-state index is 11.8. The summed E-state index contributed by atoms with van der Waals surface area (Å²) in [4.78, 5) is 11.8. The number of Topliss-reactive ketones (excluding diaryl/α,β-unsaturated/α-hetero) is 1. The van der Waals surface area contributed by atoms with Crippen molar-refractivity contribution in [2.24, 2.45) is 5.92 Å². The van der Waals surface area contributed by atoms with E-state index >= 15 is 0 Å². The van der Waals surface area contributed by atoms with Crippen molar-refractivity contribution in [3.05, 3.63) is 29.3 Å². The van der Waals surface area contributed by atoms with Gasteiger partial charge in [0, 0.05) is 11.6 Å². The number of methoxy groups -OCH3 is 1. The molecule has 1 aromatic carbocycles. The van der Waals surface area contributed by atoms with Crippen molar-refractivity contribution in [3.8, 4) is 11.5 Å². The van der Waals surface area contributed by atoms with Crippen molar-refractivity contribution in [2.45, 2.75) is 40.2 Å². The van der Waals surface area contributed by atoms with Crippen LogP contribution < -0.4 is 9.47 Å². The van der Waals surface area contributed by atoms with Crippen molar-refractivity contribution in [2.75, 3.05) is 7.11 Å². The fourth-order valence-corrected chi connectivity index (χ4v) is 2.56. The van der Waals surface area contributed by atoms with Gasteiger partial charge in [-0.2, -0.15) is 0 Å². The van der Waals surface area contributed by atoms with Crippen LogP contribution in [-0.4, -0.2) is 18.5 Å². The van der Waals surface area contributed by atoms with Crippen molar-refractivity contribution >= 4 is 11.4 Å². The van der Waals surface area contributed by atoms with Crippen LogP contribution in [0.15, 0.2) is 18.2 Å². The number of allylic oxidation sites excluding steroid dienone is 1. The van der Waals surface area contributed by atoms with Crippen LogP contribution in [0.1, 0.15) is 50.5 Å². The molecule has 108 valence electrons. The molecule has 1 aliphatic heterocycles. The second-order valence-corrected chi connectivity index (χ2v) is 6.06. The molecular formula is C17H22O3. The van der Waals surface area contributed by atoms with E-state index in [0.717, 1.165) is 11.3 Å². The summed E-state index contributed by atoms with van der Waals surface area (Å²) < 4.78 is 11.3. The molecule has 1 aliphatic rings. The van der Waals surface area contributed by atoms with Crippen molar-refractivity contribution in [3.63, 3.8) is 0 Å². The molecule has 0 spiro atoms. The van der Waals surface area contributed by atoms with Crippen LogP contribution in [0.2, 0.25) is 0 Å². The molecule has 1 aromatic rings. The molecule has 0 atom stereocenters. The van der Waals surface area contributed by atoms with Gasteiger partial charge in [0.2, 0.25) is 0 Å². The van der Waals surface area contributed by atoms with Crippen LogP contribution in [-0.2, 0) is 0 Å². The SMILES string of the molecule is COc1cc2c(cc1C(C)=O)C(C(C)C)=CC(C)(C)O2. The summed E-state index contributed by atoms with van der Waals surface area (Å²) >= 11 is 0. The van der Waals surface area contributed by atoms with E-state index in [1.165, 1.54) is 5.57 Å². The van der Waals surface area contributed by atoms with Gasteiger partial charge in [-0.3, -0.25) is 4.79 Å². The summed E-state index contributed by atoms with van der Waals surface area (Å²) in [5.74, 6) is 1.71. The number of benzene rings is 1. The Morgan fingerprint density at radius 2 is 1.95 bits per heavy atom. The maximum atomic E-state index is 11.8. The number of hydrogen-bond acceptors (Lipinski definition) is 3. The van der Waals surface area contributed by atoms with E-state index in [9.17, 15) is 4.79 Å². The molecule has 0 radical (unpaired) electrons. The third-order valence-electron chi connectivity index (χ3n) is 3.49. The van der Waals surface area contributed by atoms with Gasteiger partial charge < -0.3 is 9.47 Å². The molecular weight excluding hydrogens is 252 g/mol. The molecule has 0 N–H and O–H groups in total. The molecule has 0 aliphatic carbocycles. The fourth-order valence-electron chi connectivity index (χ4n) is 2.56. The Morgan fingerprint density at radius 3 is 2.45 bits per heavy atom. The fraction of sp³-hybridized carbons (Fsp3) is 0.471. The monoisotopic (exact) mass is 274 g/mol. The Bertz CT molecular complexity index is 580. The Balaban J connectivity index is 2.68. The van der Waals surface area contributed by atoms with Gasteiger partial charge in [-0.1, -0.05) is 13.8 Å². The second-order valence-electron chi connectivity index (χ2n) is 6.06. The number of fused-ring (bicyclic) bond motifs is 1. The minimum Gasteiger partial charge on any atom is -0.496 e. The average molecular weight is 274 g/mol. The van der Waals surface area contributed by atoms with E-state index < -0.39 is 0 Å². The van der Waals surface area contributed by atoms with E-state index in [1.54, 1.807) is 14.0 Å².